The van der Waals surface area contributed by atoms with Gasteiger partial charge in [0.1, 0.15) is 6.54 Å². The SMILES string of the molecule is COC(=O)C1CCN(C(=O)CN(c2cccc(Cl)c2Cl)S(C)(=O)=O)CC1. The van der Waals surface area contributed by atoms with Crippen LogP contribution < -0.4 is 4.31 Å². The van der Waals surface area contributed by atoms with Crippen molar-refractivity contribution in [3.05, 3.63) is 28.2 Å². The molecule has 2 rings (SSSR count). The van der Waals surface area contributed by atoms with E-state index < -0.39 is 10.0 Å². The number of esters is 1. The van der Waals surface area contributed by atoms with Gasteiger partial charge >= 0.3 is 5.97 Å². The van der Waals surface area contributed by atoms with Gasteiger partial charge in [0.15, 0.2) is 0 Å². The lowest BCUT2D eigenvalue weighted by Gasteiger charge is -2.32. The first-order valence-electron chi connectivity index (χ1n) is 7.92. The largest absolute Gasteiger partial charge is 0.469 e. The summed E-state index contributed by atoms with van der Waals surface area (Å²) in [5.41, 5.74) is 0.152. The molecule has 0 aromatic heterocycles. The van der Waals surface area contributed by atoms with Crippen molar-refractivity contribution >= 4 is 50.8 Å². The third-order valence-electron chi connectivity index (χ3n) is 4.26. The van der Waals surface area contributed by atoms with Crippen molar-refractivity contribution in [2.24, 2.45) is 5.92 Å². The number of likely N-dealkylation sites (tertiary alicyclic amines) is 1. The second kappa shape index (κ2) is 8.45. The van der Waals surface area contributed by atoms with E-state index in [-0.39, 0.29) is 40.1 Å². The van der Waals surface area contributed by atoms with Crippen LogP contribution in [0.5, 0.6) is 0 Å². The molecule has 0 atom stereocenters. The number of sulfonamides is 1. The van der Waals surface area contributed by atoms with E-state index in [1.165, 1.54) is 24.1 Å². The average molecular weight is 423 g/mol. The number of anilines is 1. The van der Waals surface area contributed by atoms with E-state index in [0.717, 1.165) is 10.6 Å². The Morgan fingerprint density at radius 2 is 1.88 bits per heavy atom. The predicted octanol–water partition coefficient (Wildman–Crippen LogP) is 2.17. The fourth-order valence-corrected chi connectivity index (χ4v) is 4.12. The molecule has 0 bridgehead atoms. The van der Waals surface area contributed by atoms with Gasteiger partial charge in [-0.3, -0.25) is 13.9 Å². The third-order valence-corrected chi connectivity index (χ3v) is 6.20. The van der Waals surface area contributed by atoms with Crippen molar-refractivity contribution in [3.8, 4) is 0 Å². The molecule has 1 fully saturated rings. The van der Waals surface area contributed by atoms with Gasteiger partial charge in [0, 0.05) is 13.1 Å². The van der Waals surface area contributed by atoms with Crippen LogP contribution in [0.25, 0.3) is 0 Å². The minimum Gasteiger partial charge on any atom is -0.469 e. The molecule has 7 nitrogen and oxygen atoms in total. The van der Waals surface area contributed by atoms with Crippen LogP contribution in [0.1, 0.15) is 12.8 Å². The number of ether oxygens (including phenoxy) is 1. The van der Waals surface area contributed by atoms with Crippen molar-refractivity contribution < 1.29 is 22.7 Å². The lowest BCUT2D eigenvalue weighted by Crippen LogP contribution is -2.46. The van der Waals surface area contributed by atoms with Crippen LogP contribution in [0.2, 0.25) is 10.0 Å². The van der Waals surface area contributed by atoms with Crippen molar-refractivity contribution in [1.82, 2.24) is 4.90 Å². The molecule has 0 saturated carbocycles. The summed E-state index contributed by atoms with van der Waals surface area (Å²) in [5.74, 6) is -0.896. The predicted molar refractivity (Wildman–Crippen MR) is 100.0 cm³/mol. The fraction of sp³-hybridized carbons (Fsp3) is 0.500. The molecule has 1 aromatic carbocycles. The Labute approximate surface area is 162 Å². The quantitative estimate of drug-likeness (QED) is 0.678. The molecule has 0 aliphatic carbocycles. The van der Waals surface area contributed by atoms with Gasteiger partial charge in [0.25, 0.3) is 0 Å². The zero-order valence-electron chi connectivity index (χ0n) is 14.4. The first kappa shape index (κ1) is 20.8. The van der Waals surface area contributed by atoms with E-state index in [9.17, 15) is 18.0 Å². The molecule has 0 N–H and O–H groups in total. The van der Waals surface area contributed by atoms with Crippen molar-refractivity contribution in [1.29, 1.82) is 0 Å². The number of benzene rings is 1. The number of hydrogen-bond acceptors (Lipinski definition) is 5. The number of hydrogen-bond donors (Lipinski definition) is 0. The topological polar surface area (TPSA) is 84.0 Å². The molecule has 0 unspecified atom stereocenters. The van der Waals surface area contributed by atoms with Crippen LogP contribution in [0, 0.1) is 5.92 Å². The molecule has 10 heteroatoms. The second-order valence-electron chi connectivity index (χ2n) is 6.02. The molecule has 1 saturated heterocycles. The second-order valence-corrected chi connectivity index (χ2v) is 8.71. The maximum absolute atomic E-state index is 12.6. The molecule has 0 spiro atoms. The van der Waals surface area contributed by atoms with Crippen LogP contribution in [-0.4, -0.2) is 58.2 Å². The third kappa shape index (κ3) is 4.81. The molecule has 1 amide bonds. The van der Waals surface area contributed by atoms with Crippen molar-refractivity contribution in [3.63, 3.8) is 0 Å². The first-order valence-corrected chi connectivity index (χ1v) is 10.5. The van der Waals surface area contributed by atoms with E-state index >= 15 is 0 Å². The Kier molecular flexibility index (Phi) is 6.76. The fourth-order valence-electron chi connectivity index (χ4n) is 2.82. The number of halogens is 2. The maximum atomic E-state index is 12.6. The van der Waals surface area contributed by atoms with Gasteiger partial charge in [-0.2, -0.15) is 0 Å². The summed E-state index contributed by atoms with van der Waals surface area (Å²) in [7, 11) is -2.42. The minimum absolute atomic E-state index is 0.0665. The smallest absolute Gasteiger partial charge is 0.308 e. The van der Waals surface area contributed by atoms with E-state index in [4.69, 9.17) is 27.9 Å². The summed E-state index contributed by atoms with van der Waals surface area (Å²) in [4.78, 5) is 25.7. The van der Waals surface area contributed by atoms with Gasteiger partial charge in [0.05, 0.1) is 35.0 Å². The highest BCUT2D eigenvalue weighted by molar-refractivity contribution is 7.92. The number of piperidine rings is 1. The van der Waals surface area contributed by atoms with Gasteiger partial charge in [-0.25, -0.2) is 8.42 Å². The Morgan fingerprint density at radius 3 is 2.42 bits per heavy atom. The molecule has 0 radical (unpaired) electrons. The van der Waals surface area contributed by atoms with Crippen LogP contribution in [0.4, 0.5) is 5.69 Å². The average Bonchev–Trinajstić information content (AvgIpc) is 2.60. The number of methoxy groups -OCH3 is 1. The minimum atomic E-state index is -3.75. The molecule has 1 aliphatic heterocycles. The van der Waals surface area contributed by atoms with Crippen LogP contribution >= 0.6 is 23.2 Å². The van der Waals surface area contributed by atoms with Gasteiger partial charge in [-0.1, -0.05) is 29.3 Å². The molecule has 1 heterocycles. The Morgan fingerprint density at radius 1 is 1.27 bits per heavy atom. The summed E-state index contributed by atoms with van der Waals surface area (Å²) in [6, 6.07) is 4.59. The van der Waals surface area contributed by atoms with Crippen molar-refractivity contribution in [2.45, 2.75) is 12.8 Å². The number of carbonyl (C=O) groups is 2. The van der Waals surface area contributed by atoms with Gasteiger partial charge in [0.2, 0.25) is 15.9 Å². The lowest BCUT2D eigenvalue weighted by atomic mass is 9.97. The Bertz CT molecular complexity index is 792. The van der Waals surface area contributed by atoms with Crippen LogP contribution in [0.15, 0.2) is 18.2 Å². The highest BCUT2D eigenvalue weighted by atomic mass is 35.5. The Balaban J connectivity index is 2.14. The van der Waals surface area contributed by atoms with E-state index in [0.29, 0.717) is 25.9 Å². The molecule has 1 aromatic rings. The van der Waals surface area contributed by atoms with Gasteiger partial charge in [-0.05, 0) is 25.0 Å². The van der Waals surface area contributed by atoms with E-state index in [2.05, 4.69) is 0 Å². The van der Waals surface area contributed by atoms with Gasteiger partial charge < -0.3 is 9.64 Å². The van der Waals surface area contributed by atoms with E-state index in [1.54, 1.807) is 6.07 Å². The van der Waals surface area contributed by atoms with Crippen molar-refractivity contribution in [2.75, 3.05) is 37.3 Å². The van der Waals surface area contributed by atoms with Crippen LogP contribution in [0.3, 0.4) is 0 Å². The number of nitrogens with zero attached hydrogens (tertiary/aromatic N) is 2. The summed E-state index contributed by atoms with van der Waals surface area (Å²) >= 11 is 12.1. The number of carbonyl (C=O) groups excluding carboxylic acids is 2. The summed E-state index contributed by atoms with van der Waals surface area (Å²) in [5, 5.41) is 0.265. The highest BCUT2D eigenvalue weighted by Crippen LogP contribution is 2.33. The summed E-state index contributed by atoms with van der Waals surface area (Å²) in [6.07, 6.45) is 1.96. The monoisotopic (exact) mass is 422 g/mol. The highest BCUT2D eigenvalue weighted by Gasteiger charge is 2.31. The standard InChI is InChI=1S/C16H20Cl2N2O5S/c1-25-16(22)11-6-8-19(9-7-11)14(21)10-20(26(2,23)24)13-5-3-4-12(17)15(13)18/h3-5,11H,6-10H2,1-2H3. The molecule has 26 heavy (non-hydrogen) atoms. The normalized spacial score (nSPS) is 15.6. The zero-order valence-corrected chi connectivity index (χ0v) is 16.8. The lowest BCUT2D eigenvalue weighted by molar-refractivity contribution is -0.148. The summed E-state index contributed by atoms with van der Waals surface area (Å²) in [6.45, 7) is 0.334. The summed E-state index contributed by atoms with van der Waals surface area (Å²) < 4.78 is 30.0. The maximum Gasteiger partial charge on any atom is 0.308 e. The number of rotatable bonds is 5. The molecule has 1 aliphatic rings. The Hall–Kier alpha value is -1.51. The zero-order chi connectivity index (χ0) is 19.5. The number of amides is 1. The van der Waals surface area contributed by atoms with E-state index in [1.807, 2.05) is 0 Å². The van der Waals surface area contributed by atoms with Crippen LogP contribution in [-0.2, 0) is 24.3 Å². The van der Waals surface area contributed by atoms with Gasteiger partial charge in [-0.15, -0.1) is 0 Å². The molecule has 144 valence electrons. The first-order chi connectivity index (χ1) is 12.1. The molecular formula is C16H20Cl2N2O5S. The molecular weight excluding hydrogens is 403 g/mol.